The van der Waals surface area contributed by atoms with Crippen LogP contribution in [0.2, 0.25) is 0 Å². The van der Waals surface area contributed by atoms with E-state index in [1.165, 1.54) is 9.99 Å². The number of anilines is 1. The summed E-state index contributed by atoms with van der Waals surface area (Å²) in [5.74, 6) is -0.109. The van der Waals surface area contributed by atoms with Gasteiger partial charge in [-0.15, -0.1) is 0 Å². The molecule has 2 aromatic carbocycles. The van der Waals surface area contributed by atoms with Gasteiger partial charge in [-0.1, -0.05) is 42.0 Å². The zero-order chi connectivity index (χ0) is 21.1. The molecule has 4 rings (SSSR count). The summed E-state index contributed by atoms with van der Waals surface area (Å²) < 4.78 is 26.9. The van der Waals surface area contributed by atoms with Crippen LogP contribution in [0, 0.1) is 6.92 Å². The van der Waals surface area contributed by atoms with Gasteiger partial charge in [-0.2, -0.15) is 4.31 Å². The van der Waals surface area contributed by atoms with E-state index < -0.39 is 10.0 Å². The molecule has 2 aliphatic heterocycles. The summed E-state index contributed by atoms with van der Waals surface area (Å²) in [6.07, 6.45) is 1.78. The molecule has 0 N–H and O–H groups in total. The number of ketones is 1. The minimum absolute atomic E-state index is 0.0912. The van der Waals surface area contributed by atoms with E-state index in [0.29, 0.717) is 6.54 Å². The van der Waals surface area contributed by atoms with Crippen LogP contribution in [0.25, 0.3) is 0 Å². The van der Waals surface area contributed by atoms with Crippen LogP contribution in [-0.2, 0) is 14.8 Å². The molecule has 2 aromatic rings. The Hall–Kier alpha value is -2.48. The first-order chi connectivity index (χ1) is 14.4. The van der Waals surface area contributed by atoms with Gasteiger partial charge in [0.1, 0.15) is 0 Å². The standard InChI is InChI=1S/C23H27N3O3S/c1-19-7-9-22(10-8-19)30(28,29)26-12-11-20(23(27)18-26)17-24-13-15-25(16-14-24)21-5-3-2-4-6-21/h2-11H,12-18H2,1H3. The Balaban J connectivity index is 1.36. The fourth-order valence-electron chi connectivity index (χ4n) is 3.89. The van der Waals surface area contributed by atoms with E-state index in [0.717, 1.165) is 37.3 Å². The largest absolute Gasteiger partial charge is 0.369 e. The number of rotatable bonds is 5. The van der Waals surface area contributed by atoms with Crippen LogP contribution in [0.5, 0.6) is 0 Å². The number of benzene rings is 2. The highest BCUT2D eigenvalue weighted by Crippen LogP contribution is 2.21. The zero-order valence-corrected chi connectivity index (χ0v) is 18.0. The first-order valence-electron chi connectivity index (χ1n) is 10.2. The topological polar surface area (TPSA) is 60.9 Å². The third-order valence-electron chi connectivity index (χ3n) is 5.77. The van der Waals surface area contributed by atoms with Crippen LogP contribution in [0.1, 0.15) is 5.56 Å². The number of carbonyl (C=O) groups is 1. The smallest absolute Gasteiger partial charge is 0.243 e. The van der Waals surface area contributed by atoms with Crippen molar-refractivity contribution in [2.24, 2.45) is 0 Å². The van der Waals surface area contributed by atoms with Gasteiger partial charge in [0.05, 0.1) is 11.4 Å². The average Bonchev–Trinajstić information content (AvgIpc) is 2.76. The van der Waals surface area contributed by atoms with Crippen LogP contribution in [0.15, 0.2) is 71.1 Å². The van der Waals surface area contributed by atoms with Crippen LogP contribution >= 0.6 is 0 Å². The van der Waals surface area contributed by atoms with E-state index in [1.54, 1.807) is 30.3 Å². The quantitative estimate of drug-likeness (QED) is 0.736. The van der Waals surface area contributed by atoms with Gasteiger partial charge in [0.15, 0.2) is 5.78 Å². The average molecular weight is 426 g/mol. The van der Waals surface area contributed by atoms with E-state index in [1.807, 2.05) is 25.1 Å². The molecule has 2 heterocycles. The van der Waals surface area contributed by atoms with Gasteiger partial charge >= 0.3 is 0 Å². The van der Waals surface area contributed by atoms with E-state index in [2.05, 4.69) is 21.9 Å². The lowest BCUT2D eigenvalue weighted by Gasteiger charge is -2.37. The number of Topliss-reactive ketones (excluding diaryl/α,β-unsaturated/α-hetero) is 1. The molecule has 0 saturated carbocycles. The Labute approximate surface area is 178 Å². The Morgan fingerprint density at radius 3 is 2.20 bits per heavy atom. The second kappa shape index (κ2) is 8.71. The summed E-state index contributed by atoms with van der Waals surface area (Å²) in [6.45, 7) is 6.23. The predicted octanol–water partition coefficient (Wildman–Crippen LogP) is 2.32. The lowest BCUT2D eigenvalue weighted by molar-refractivity contribution is -0.116. The summed E-state index contributed by atoms with van der Waals surface area (Å²) in [5, 5.41) is 0. The Morgan fingerprint density at radius 2 is 1.57 bits per heavy atom. The molecule has 1 saturated heterocycles. The van der Waals surface area contributed by atoms with Crippen LogP contribution in [0.3, 0.4) is 0 Å². The molecule has 0 spiro atoms. The van der Waals surface area contributed by atoms with Gasteiger partial charge < -0.3 is 4.90 Å². The Bertz CT molecular complexity index is 1030. The number of nitrogens with zero attached hydrogens (tertiary/aromatic N) is 3. The van der Waals surface area contributed by atoms with Crippen molar-refractivity contribution in [1.29, 1.82) is 0 Å². The molecule has 0 atom stereocenters. The van der Waals surface area contributed by atoms with Crippen LogP contribution in [-0.4, -0.2) is 69.2 Å². The maximum absolute atomic E-state index is 12.8. The maximum atomic E-state index is 12.8. The lowest BCUT2D eigenvalue weighted by Crippen LogP contribution is -2.48. The van der Waals surface area contributed by atoms with Gasteiger partial charge in [0.2, 0.25) is 10.0 Å². The van der Waals surface area contributed by atoms with Crippen LogP contribution < -0.4 is 4.90 Å². The van der Waals surface area contributed by atoms with Crippen LogP contribution in [0.4, 0.5) is 5.69 Å². The maximum Gasteiger partial charge on any atom is 0.243 e. The van der Waals surface area contributed by atoms with Gasteiger partial charge in [-0.3, -0.25) is 9.69 Å². The number of piperazine rings is 1. The number of para-hydroxylation sites is 1. The Kier molecular flexibility index (Phi) is 6.04. The van der Waals surface area contributed by atoms with Crippen molar-refractivity contribution in [1.82, 2.24) is 9.21 Å². The van der Waals surface area contributed by atoms with Crippen molar-refractivity contribution in [3.8, 4) is 0 Å². The van der Waals surface area contributed by atoms with E-state index in [4.69, 9.17) is 0 Å². The van der Waals surface area contributed by atoms with Gasteiger partial charge in [-0.25, -0.2) is 8.42 Å². The summed E-state index contributed by atoms with van der Waals surface area (Å²) in [7, 11) is -3.66. The number of sulfonamides is 1. The Morgan fingerprint density at radius 1 is 0.900 bits per heavy atom. The molecule has 1 fully saturated rings. The second-order valence-electron chi connectivity index (χ2n) is 7.86. The minimum Gasteiger partial charge on any atom is -0.369 e. The van der Waals surface area contributed by atoms with Gasteiger partial charge in [0.25, 0.3) is 0 Å². The fourth-order valence-corrected chi connectivity index (χ4v) is 5.23. The number of hydrogen-bond acceptors (Lipinski definition) is 5. The molecule has 158 valence electrons. The first kappa shape index (κ1) is 20.8. The molecule has 2 aliphatic rings. The number of carbonyl (C=O) groups excluding carboxylic acids is 1. The molecule has 6 nitrogen and oxygen atoms in total. The van der Waals surface area contributed by atoms with Crippen molar-refractivity contribution < 1.29 is 13.2 Å². The molecule has 7 heteroatoms. The van der Waals surface area contributed by atoms with Crippen molar-refractivity contribution in [3.63, 3.8) is 0 Å². The van der Waals surface area contributed by atoms with Crippen molar-refractivity contribution in [2.75, 3.05) is 50.7 Å². The molecular weight excluding hydrogens is 398 g/mol. The number of hydrogen-bond donors (Lipinski definition) is 0. The third kappa shape index (κ3) is 4.48. The minimum atomic E-state index is -3.66. The summed E-state index contributed by atoms with van der Waals surface area (Å²) >= 11 is 0. The SMILES string of the molecule is Cc1ccc(S(=O)(=O)N2CC=C(CN3CCN(c4ccccc4)CC3)C(=O)C2)cc1. The monoisotopic (exact) mass is 425 g/mol. The fraction of sp³-hybridized carbons (Fsp3) is 0.348. The lowest BCUT2D eigenvalue weighted by atomic mass is 10.1. The van der Waals surface area contributed by atoms with Crippen molar-refractivity contribution >= 4 is 21.5 Å². The molecule has 30 heavy (non-hydrogen) atoms. The van der Waals surface area contributed by atoms with Gasteiger partial charge in [-0.05, 0) is 31.2 Å². The first-order valence-corrected chi connectivity index (χ1v) is 11.7. The van der Waals surface area contributed by atoms with E-state index in [-0.39, 0.29) is 23.8 Å². The highest BCUT2D eigenvalue weighted by atomic mass is 32.2. The number of aryl methyl sites for hydroxylation is 1. The third-order valence-corrected chi connectivity index (χ3v) is 7.59. The van der Waals surface area contributed by atoms with Crippen molar-refractivity contribution in [3.05, 3.63) is 71.8 Å². The summed E-state index contributed by atoms with van der Waals surface area (Å²) in [4.78, 5) is 17.5. The second-order valence-corrected chi connectivity index (χ2v) is 9.80. The molecular formula is C23H27N3O3S. The molecule has 0 bridgehead atoms. The molecule has 0 unspecified atom stereocenters. The molecule has 0 amide bonds. The van der Waals surface area contributed by atoms with Gasteiger partial charge in [0, 0.05) is 50.5 Å². The van der Waals surface area contributed by atoms with E-state index in [9.17, 15) is 13.2 Å². The summed E-state index contributed by atoms with van der Waals surface area (Å²) in [5.41, 5.74) is 2.94. The molecule has 0 radical (unpaired) electrons. The highest BCUT2D eigenvalue weighted by Gasteiger charge is 2.31. The normalized spacial score (nSPS) is 19.0. The van der Waals surface area contributed by atoms with Crippen molar-refractivity contribution in [2.45, 2.75) is 11.8 Å². The molecule has 0 aromatic heterocycles. The zero-order valence-electron chi connectivity index (χ0n) is 17.2. The summed E-state index contributed by atoms with van der Waals surface area (Å²) in [6, 6.07) is 17.1. The molecule has 0 aliphatic carbocycles. The van der Waals surface area contributed by atoms with E-state index >= 15 is 0 Å². The predicted molar refractivity (Wildman–Crippen MR) is 118 cm³/mol. The highest BCUT2D eigenvalue weighted by molar-refractivity contribution is 7.89.